The molecule has 1 aliphatic rings. The van der Waals surface area contributed by atoms with Crippen molar-refractivity contribution in [2.75, 3.05) is 5.32 Å². The minimum atomic E-state index is -1.26. The Morgan fingerprint density at radius 3 is 2.58 bits per heavy atom. The van der Waals surface area contributed by atoms with E-state index in [2.05, 4.69) is 20.3 Å². The highest BCUT2D eigenvalue weighted by atomic mass is 35.5. The van der Waals surface area contributed by atoms with Gasteiger partial charge in [0.05, 0.1) is 6.33 Å². The number of aromatic nitrogens is 4. The Balaban J connectivity index is 1.81. The average molecular weight is 382 g/mol. The van der Waals surface area contributed by atoms with Gasteiger partial charge >= 0.3 is 11.9 Å². The Morgan fingerprint density at radius 1 is 1.31 bits per heavy atom. The van der Waals surface area contributed by atoms with E-state index in [1.807, 2.05) is 0 Å². The molecule has 11 heteroatoms. The first-order valence-corrected chi connectivity index (χ1v) is 8.16. The molecule has 1 saturated heterocycles. The molecule has 138 valence electrons. The Bertz CT molecular complexity index is 889. The van der Waals surface area contributed by atoms with E-state index in [9.17, 15) is 14.4 Å². The van der Waals surface area contributed by atoms with Gasteiger partial charge in [0.1, 0.15) is 5.52 Å². The summed E-state index contributed by atoms with van der Waals surface area (Å²) in [6.07, 6.45) is 1.60. The van der Waals surface area contributed by atoms with Gasteiger partial charge in [-0.1, -0.05) is 11.6 Å². The predicted molar refractivity (Wildman–Crippen MR) is 89.0 cm³/mol. The van der Waals surface area contributed by atoms with E-state index in [1.165, 1.54) is 27.1 Å². The van der Waals surface area contributed by atoms with Crippen LogP contribution >= 0.6 is 11.6 Å². The van der Waals surface area contributed by atoms with Crippen LogP contribution in [0.1, 0.15) is 27.2 Å². The van der Waals surface area contributed by atoms with Gasteiger partial charge in [-0.05, 0) is 6.42 Å². The zero-order valence-electron chi connectivity index (χ0n) is 14.3. The van der Waals surface area contributed by atoms with Crippen LogP contribution < -0.4 is 5.32 Å². The number of nitrogens with one attached hydrogen (secondary N) is 1. The van der Waals surface area contributed by atoms with Crippen molar-refractivity contribution in [3.8, 4) is 0 Å². The van der Waals surface area contributed by atoms with E-state index in [4.69, 9.17) is 21.1 Å². The molecule has 1 N–H and O–H groups in total. The number of carbonyl (C=O) groups is 3. The lowest BCUT2D eigenvalue weighted by Gasteiger charge is -2.32. The number of hydrogen-bond donors (Lipinski definition) is 1. The van der Waals surface area contributed by atoms with Crippen molar-refractivity contribution >= 4 is 46.6 Å². The van der Waals surface area contributed by atoms with Crippen molar-refractivity contribution in [1.82, 2.24) is 19.5 Å². The van der Waals surface area contributed by atoms with E-state index in [0.717, 1.165) is 0 Å². The molecule has 3 rings (SSSR count). The van der Waals surface area contributed by atoms with Gasteiger partial charge in [0.15, 0.2) is 16.7 Å². The fraction of sp³-hybridized carbons (Fsp3) is 0.467. The summed E-state index contributed by atoms with van der Waals surface area (Å²) in [4.78, 5) is 47.5. The third-order valence-electron chi connectivity index (χ3n) is 3.63. The second-order valence-corrected chi connectivity index (χ2v) is 6.57. The topological polar surface area (TPSA) is 125 Å². The number of nitrogens with zero attached hydrogens (tertiary/aromatic N) is 4. The second-order valence-electron chi connectivity index (χ2n) is 6.21. The Morgan fingerprint density at radius 2 is 1.96 bits per heavy atom. The summed E-state index contributed by atoms with van der Waals surface area (Å²) >= 11 is 6.06. The number of esters is 2. The van der Waals surface area contributed by atoms with Crippen molar-refractivity contribution in [3.05, 3.63) is 11.5 Å². The molecule has 0 unspecified atom stereocenters. The molecule has 2 aromatic heterocycles. The molecule has 0 aliphatic carbocycles. The van der Waals surface area contributed by atoms with Crippen LogP contribution in [-0.4, -0.2) is 43.2 Å². The molecule has 0 atom stereocenters. The number of cyclic esters (lactones) is 2. The maximum atomic E-state index is 12.0. The molecule has 10 nitrogen and oxygen atoms in total. The number of amides is 1. The largest absolute Gasteiger partial charge is 0.422 e. The summed E-state index contributed by atoms with van der Waals surface area (Å²) in [5.74, 6) is -3.88. The maximum Gasteiger partial charge on any atom is 0.323 e. The molecular formula is C15H16ClN5O5. The SMILES string of the molecule is CC(=O)Nc1nc(Cl)c2ncn(CCC3C(=O)OC(C)(C)OC3=O)c2n1. The highest BCUT2D eigenvalue weighted by Crippen LogP contribution is 2.26. The summed E-state index contributed by atoms with van der Waals surface area (Å²) in [5, 5.41) is 2.53. The molecule has 1 aliphatic heterocycles. The zero-order chi connectivity index (χ0) is 19.1. The summed E-state index contributed by atoms with van der Waals surface area (Å²) in [5.41, 5.74) is 0.710. The molecule has 2 aromatic rings. The van der Waals surface area contributed by atoms with Crippen molar-refractivity contribution in [2.45, 2.75) is 39.5 Å². The third kappa shape index (κ3) is 3.59. The van der Waals surface area contributed by atoms with Crippen LogP contribution in [0.15, 0.2) is 6.33 Å². The molecule has 0 radical (unpaired) electrons. The zero-order valence-corrected chi connectivity index (χ0v) is 15.0. The molecule has 1 fully saturated rings. The van der Waals surface area contributed by atoms with Crippen molar-refractivity contribution in [3.63, 3.8) is 0 Å². The van der Waals surface area contributed by atoms with Gasteiger partial charge in [-0.2, -0.15) is 9.97 Å². The molecule has 0 bridgehead atoms. The van der Waals surface area contributed by atoms with Crippen LogP contribution in [-0.2, 0) is 30.4 Å². The summed E-state index contributed by atoms with van der Waals surface area (Å²) < 4.78 is 11.8. The first-order chi connectivity index (χ1) is 12.2. The number of carbonyl (C=O) groups excluding carboxylic acids is 3. The van der Waals surface area contributed by atoms with Crippen LogP contribution in [0.25, 0.3) is 11.2 Å². The normalized spacial score (nSPS) is 17.1. The number of ether oxygens (including phenoxy) is 2. The number of rotatable bonds is 4. The van der Waals surface area contributed by atoms with Crippen LogP contribution in [0.4, 0.5) is 5.95 Å². The lowest BCUT2D eigenvalue weighted by molar-refractivity contribution is -0.240. The smallest absolute Gasteiger partial charge is 0.323 e. The van der Waals surface area contributed by atoms with Crippen molar-refractivity contribution in [1.29, 1.82) is 0 Å². The standard InChI is InChI=1S/C15H16ClN5O5/c1-7(22)18-14-19-10(16)9-11(20-14)21(6-17-9)5-4-8-12(23)25-15(2,3)26-13(8)24/h6,8H,4-5H2,1-3H3,(H,18,19,20,22). The minimum absolute atomic E-state index is 0.0370. The predicted octanol–water partition coefficient (Wildman–Crippen LogP) is 1.28. The van der Waals surface area contributed by atoms with Gasteiger partial charge in [-0.3, -0.25) is 19.7 Å². The lowest BCUT2D eigenvalue weighted by atomic mass is 10.0. The quantitative estimate of drug-likeness (QED) is 0.477. The summed E-state index contributed by atoms with van der Waals surface area (Å²) in [7, 11) is 0. The molecule has 3 heterocycles. The number of halogens is 1. The third-order valence-corrected chi connectivity index (χ3v) is 3.89. The van der Waals surface area contributed by atoms with Crippen molar-refractivity contribution < 1.29 is 23.9 Å². The molecule has 26 heavy (non-hydrogen) atoms. The first-order valence-electron chi connectivity index (χ1n) is 7.78. The average Bonchev–Trinajstić information content (AvgIpc) is 2.88. The summed E-state index contributed by atoms with van der Waals surface area (Å²) in [6, 6.07) is 0. The van der Waals surface area contributed by atoms with E-state index >= 15 is 0 Å². The minimum Gasteiger partial charge on any atom is -0.422 e. The van der Waals surface area contributed by atoms with E-state index in [0.29, 0.717) is 11.2 Å². The molecule has 0 saturated carbocycles. The summed E-state index contributed by atoms with van der Waals surface area (Å²) in [6.45, 7) is 4.54. The lowest BCUT2D eigenvalue weighted by Crippen LogP contribution is -2.46. The fourth-order valence-corrected chi connectivity index (χ4v) is 2.75. The van der Waals surface area contributed by atoms with Gasteiger partial charge in [-0.15, -0.1) is 0 Å². The Hall–Kier alpha value is -2.75. The van der Waals surface area contributed by atoms with Crippen LogP contribution in [0.2, 0.25) is 5.15 Å². The van der Waals surface area contributed by atoms with E-state index < -0.39 is 23.6 Å². The Kier molecular flexibility index (Phi) is 4.53. The maximum absolute atomic E-state index is 12.0. The van der Waals surface area contributed by atoms with Gasteiger partial charge in [0.25, 0.3) is 5.79 Å². The van der Waals surface area contributed by atoms with E-state index in [-0.39, 0.29) is 30.0 Å². The number of hydrogen-bond acceptors (Lipinski definition) is 8. The number of anilines is 1. The molecule has 0 spiro atoms. The van der Waals surface area contributed by atoms with Crippen LogP contribution in [0, 0.1) is 5.92 Å². The molecule has 0 aromatic carbocycles. The van der Waals surface area contributed by atoms with Crippen molar-refractivity contribution in [2.24, 2.45) is 5.92 Å². The fourth-order valence-electron chi connectivity index (χ4n) is 2.53. The highest BCUT2D eigenvalue weighted by Gasteiger charge is 2.42. The number of fused-ring (bicyclic) bond motifs is 1. The van der Waals surface area contributed by atoms with Gasteiger partial charge < -0.3 is 14.0 Å². The van der Waals surface area contributed by atoms with Gasteiger partial charge in [-0.25, -0.2) is 4.98 Å². The molecule has 1 amide bonds. The Labute approximate surface area is 152 Å². The van der Waals surface area contributed by atoms with Gasteiger partial charge in [0, 0.05) is 27.3 Å². The number of imidazole rings is 1. The van der Waals surface area contributed by atoms with Gasteiger partial charge in [0.2, 0.25) is 11.9 Å². The van der Waals surface area contributed by atoms with Crippen LogP contribution in [0.5, 0.6) is 0 Å². The van der Waals surface area contributed by atoms with E-state index in [1.54, 1.807) is 4.57 Å². The second kappa shape index (κ2) is 6.52. The molecular weight excluding hydrogens is 366 g/mol. The number of aryl methyl sites for hydroxylation is 1. The highest BCUT2D eigenvalue weighted by molar-refractivity contribution is 6.33. The first kappa shape index (κ1) is 18.1. The van der Waals surface area contributed by atoms with Crippen LogP contribution in [0.3, 0.4) is 0 Å². The monoisotopic (exact) mass is 381 g/mol.